The Balaban J connectivity index is 3.80. The van der Waals surface area contributed by atoms with Crippen molar-refractivity contribution >= 4 is 23.2 Å². The van der Waals surface area contributed by atoms with Crippen LogP contribution in [0.25, 0.3) is 0 Å². The SMILES string of the molecule is CC(OC(Cl)C(C)O)OC(Cl)C(C)O. The first-order chi connectivity index (χ1) is 6.34. The molecule has 0 fully saturated rings. The van der Waals surface area contributed by atoms with Crippen molar-refractivity contribution in [3.63, 3.8) is 0 Å². The van der Waals surface area contributed by atoms with Crippen molar-refractivity contribution < 1.29 is 19.7 Å². The van der Waals surface area contributed by atoms with E-state index >= 15 is 0 Å². The Morgan fingerprint density at radius 1 is 0.857 bits per heavy atom. The maximum atomic E-state index is 9.02. The van der Waals surface area contributed by atoms with Gasteiger partial charge in [0.25, 0.3) is 0 Å². The minimum absolute atomic E-state index is 0.691. The Hall–Kier alpha value is 0.420. The lowest BCUT2D eigenvalue weighted by Crippen LogP contribution is -2.31. The van der Waals surface area contributed by atoms with Gasteiger partial charge in [-0.3, -0.25) is 0 Å². The highest BCUT2D eigenvalue weighted by atomic mass is 35.5. The molecule has 0 saturated heterocycles. The normalized spacial score (nSPS) is 22.5. The van der Waals surface area contributed by atoms with E-state index in [0.717, 1.165) is 0 Å². The molecule has 2 N–H and O–H groups in total. The maximum absolute atomic E-state index is 9.02. The number of rotatable bonds is 6. The molecule has 0 saturated carbocycles. The molecule has 0 heterocycles. The van der Waals surface area contributed by atoms with Crippen molar-refractivity contribution in [1.29, 1.82) is 0 Å². The minimum atomic E-state index is -0.858. The molecular weight excluding hydrogens is 231 g/mol. The van der Waals surface area contributed by atoms with Crippen LogP contribution in [0.1, 0.15) is 20.8 Å². The van der Waals surface area contributed by atoms with Gasteiger partial charge in [-0.1, -0.05) is 23.2 Å². The lowest BCUT2D eigenvalue weighted by Gasteiger charge is -2.23. The summed E-state index contributed by atoms with van der Waals surface area (Å²) in [5, 5.41) is 18.0. The second kappa shape index (κ2) is 6.82. The van der Waals surface area contributed by atoms with E-state index in [2.05, 4.69) is 0 Å². The smallest absolute Gasteiger partial charge is 0.159 e. The van der Waals surface area contributed by atoms with Crippen LogP contribution in [0.15, 0.2) is 0 Å². The van der Waals surface area contributed by atoms with E-state index in [1.807, 2.05) is 0 Å². The first-order valence-electron chi connectivity index (χ1n) is 4.29. The first-order valence-corrected chi connectivity index (χ1v) is 5.17. The van der Waals surface area contributed by atoms with Crippen LogP contribution in [0, 0.1) is 0 Å². The van der Waals surface area contributed by atoms with Crippen molar-refractivity contribution in [3.8, 4) is 0 Å². The number of halogens is 2. The summed E-state index contributed by atoms with van der Waals surface area (Å²) in [7, 11) is 0. The number of hydrogen-bond donors (Lipinski definition) is 2. The number of aliphatic hydroxyl groups excluding tert-OH is 2. The summed E-state index contributed by atoms with van der Waals surface area (Å²) in [6, 6.07) is 0. The van der Waals surface area contributed by atoms with E-state index in [4.69, 9.17) is 42.9 Å². The molecular formula is C8H16Cl2O4. The minimum Gasteiger partial charge on any atom is -0.389 e. The fraction of sp³-hybridized carbons (Fsp3) is 1.00. The van der Waals surface area contributed by atoms with Crippen molar-refractivity contribution in [2.24, 2.45) is 0 Å². The van der Waals surface area contributed by atoms with Gasteiger partial charge in [-0.2, -0.15) is 0 Å². The average Bonchev–Trinajstić information content (AvgIpc) is 2.03. The molecule has 0 rings (SSSR count). The van der Waals surface area contributed by atoms with Crippen LogP contribution in [0.5, 0.6) is 0 Å². The van der Waals surface area contributed by atoms with Gasteiger partial charge in [-0.05, 0) is 20.8 Å². The van der Waals surface area contributed by atoms with Gasteiger partial charge in [0.05, 0.1) is 12.2 Å². The Labute approximate surface area is 93.7 Å². The number of ether oxygens (including phenoxy) is 2. The molecule has 0 aromatic carbocycles. The highest BCUT2D eigenvalue weighted by molar-refractivity contribution is 6.20. The summed E-state index contributed by atoms with van der Waals surface area (Å²) < 4.78 is 10.1. The fourth-order valence-electron chi connectivity index (χ4n) is 0.626. The molecule has 4 atom stereocenters. The summed E-state index contributed by atoms with van der Waals surface area (Å²) in [6.45, 7) is 4.57. The summed E-state index contributed by atoms with van der Waals surface area (Å²) in [4.78, 5) is 0. The lowest BCUT2D eigenvalue weighted by molar-refractivity contribution is -0.179. The van der Waals surface area contributed by atoms with Crippen LogP contribution in [0.2, 0.25) is 0 Å². The molecule has 0 radical (unpaired) electrons. The van der Waals surface area contributed by atoms with E-state index in [9.17, 15) is 0 Å². The molecule has 6 heteroatoms. The summed E-state index contributed by atoms with van der Waals surface area (Å²) >= 11 is 11.2. The van der Waals surface area contributed by atoms with Gasteiger partial charge in [0.1, 0.15) is 0 Å². The van der Waals surface area contributed by atoms with Gasteiger partial charge in [-0.15, -0.1) is 0 Å². The van der Waals surface area contributed by atoms with Crippen LogP contribution >= 0.6 is 23.2 Å². The van der Waals surface area contributed by atoms with Crippen LogP contribution in [0.3, 0.4) is 0 Å². The Morgan fingerprint density at radius 2 is 1.14 bits per heavy atom. The monoisotopic (exact) mass is 246 g/mol. The first kappa shape index (κ1) is 14.4. The van der Waals surface area contributed by atoms with Crippen molar-refractivity contribution in [2.75, 3.05) is 0 Å². The highest BCUT2D eigenvalue weighted by Gasteiger charge is 2.20. The third kappa shape index (κ3) is 6.01. The molecule has 0 aliphatic carbocycles. The van der Waals surface area contributed by atoms with Crippen molar-refractivity contribution in [2.45, 2.75) is 50.4 Å². The van der Waals surface area contributed by atoms with Gasteiger partial charge >= 0.3 is 0 Å². The predicted octanol–water partition coefficient (Wildman–Crippen LogP) is 1.26. The average molecular weight is 247 g/mol. The topological polar surface area (TPSA) is 58.9 Å². The van der Waals surface area contributed by atoms with E-state index in [1.54, 1.807) is 6.92 Å². The summed E-state index contributed by atoms with van der Waals surface area (Å²) in [6.07, 6.45) is -2.30. The zero-order chi connectivity index (χ0) is 11.3. The molecule has 14 heavy (non-hydrogen) atoms. The molecule has 0 aliphatic rings. The van der Waals surface area contributed by atoms with Gasteiger partial charge in [0, 0.05) is 0 Å². The van der Waals surface area contributed by atoms with Crippen molar-refractivity contribution in [3.05, 3.63) is 0 Å². The molecule has 4 unspecified atom stereocenters. The largest absolute Gasteiger partial charge is 0.389 e. The Bertz CT molecular complexity index is 138. The van der Waals surface area contributed by atoms with Crippen LogP contribution in [-0.4, -0.2) is 39.8 Å². The third-order valence-corrected chi connectivity index (χ3v) is 2.34. The summed E-state index contributed by atoms with van der Waals surface area (Å²) in [5.74, 6) is 0. The van der Waals surface area contributed by atoms with E-state index < -0.39 is 29.6 Å². The van der Waals surface area contributed by atoms with E-state index in [0.29, 0.717) is 0 Å². The van der Waals surface area contributed by atoms with Gasteiger partial charge in [0.2, 0.25) is 0 Å². The molecule has 0 bridgehead atoms. The third-order valence-electron chi connectivity index (χ3n) is 1.40. The lowest BCUT2D eigenvalue weighted by atomic mass is 10.4. The standard InChI is InChI=1S/C8H16Cl2O4/c1-4(11)7(9)13-6(3)14-8(10)5(2)12/h4-8,11-12H,1-3H3. The second-order valence-corrected chi connectivity index (χ2v) is 3.88. The van der Waals surface area contributed by atoms with Crippen LogP contribution in [0.4, 0.5) is 0 Å². The molecule has 86 valence electrons. The van der Waals surface area contributed by atoms with Crippen LogP contribution in [-0.2, 0) is 9.47 Å². The fourth-order valence-corrected chi connectivity index (χ4v) is 0.915. The Kier molecular flexibility index (Phi) is 7.03. The molecule has 0 aromatic heterocycles. The van der Waals surface area contributed by atoms with Gasteiger partial charge in [-0.25, -0.2) is 0 Å². The molecule has 0 amide bonds. The Morgan fingerprint density at radius 3 is 1.36 bits per heavy atom. The quantitative estimate of drug-likeness (QED) is 0.548. The van der Waals surface area contributed by atoms with E-state index in [-0.39, 0.29) is 0 Å². The highest BCUT2D eigenvalue weighted by Crippen LogP contribution is 2.13. The summed E-state index contributed by atoms with van der Waals surface area (Å²) in [5.41, 5.74) is -1.72. The zero-order valence-corrected chi connectivity index (χ0v) is 9.87. The van der Waals surface area contributed by atoms with Gasteiger partial charge < -0.3 is 19.7 Å². The number of aliphatic hydroxyl groups is 2. The molecule has 4 nitrogen and oxygen atoms in total. The second-order valence-electron chi connectivity index (χ2n) is 3.02. The number of hydrogen-bond acceptors (Lipinski definition) is 4. The predicted molar refractivity (Wildman–Crippen MR) is 54.3 cm³/mol. The molecule has 0 aromatic rings. The zero-order valence-electron chi connectivity index (χ0n) is 8.35. The van der Waals surface area contributed by atoms with Crippen molar-refractivity contribution in [1.82, 2.24) is 0 Å². The molecule has 0 spiro atoms. The number of alkyl halides is 2. The maximum Gasteiger partial charge on any atom is 0.159 e. The van der Waals surface area contributed by atoms with Crippen LogP contribution < -0.4 is 0 Å². The van der Waals surface area contributed by atoms with Gasteiger partial charge in [0.15, 0.2) is 17.4 Å². The molecule has 0 aliphatic heterocycles. The van der Waals surface area contributed by atoms with E-state index in [1.165, 1.54) is 13.8 Å².